The fourth-order valence-electron chi connectivity index (χ4n) is 5.43. The van der Waals surface area contributed by atoms with Gasteiger partial charge in [0.15, 0.2) is 11.5 Å². The van der Waals surface area contributed by atoms with Crippen LogP contribution in [0.15, 0.2) is 89.1 Å². The van der Waals surface area contributed by atoms with Crippen LogP contribution in [0.25, 0.3) is 0 Å². The Morgan fingerprint density at radius 3 is 2.46 bits per heavy atom. The molecule has 0 bridgehead atoms. The SMILES string of the molecule is COc1cc([C@H]2C(C(=O)Nc3ccccc3F)=C(C)N=C3C[C@@H](c4ccccc4)CC(=O)[C@@H]32)ccc1O. The Morgan fingerprint density at radius 1 is 1.00 bits per heavy atom. The van der Waals surface area contributed by atoms with Crippen LogP contribution in [0.2, 0.25) is 0 Å². The normalized spacial score (nSPS) is 21.2. The molecule has 0 aromatic heterocycles. The van der Waals surface area contributed by atoms with Crippen molar-refractivity contribution in [3.05, 3.63) is 101 Å². The minimum absolute atomic E-state index is 0.000273. The highest BCUT2D eigenvalue weighted by molar-refractivity contribution is 6.14. The molecule has 188 valence electrons. The Bertz CT molecular complexity index is 1430. The molecule has 2 N–H and O–H groups in total. The van der Waals surface area contributed by atoms with Crippen LogP contribution in [-0.4, -0.2) is 29.6 Å². The Morgan fingerprint density at radius 2 is 1.73 bits per heavy atom. The van der Waals surface area contributed by atoms with Crippen LogP contribution < -0.4 is 10.1 Å². The molecule has 1 saturated carbocycles. The van der Waals surface area contributed by atoms with Crippen molar-refractivity contribution in [1.29, 1.82) is 0 Å². The maximum Gasteiger partial charge on any atom is 0.254 e. The number of ether oxygens (including phenoxy) is 1. The number of para-hydroxylation sites is 1. The highest BCUT2D eigenvalue weighted by atomic mass is 19.1. The van der Waals surface area contributed by atoms with E-state index in [4.69, 9.17) is 9.73 Å². The molecular weight excluding hydrogens is 471 g/mol. The predicted octanol–water partition coefficient (Wildman–Crippen LogP) is 5.75. The number of hydrogen-bond acceptors (Lipinski definition) is 5. The van der Waals surface area contributed by atoms with Crippen LogP contribution in [0.4, 0.5) is 10.1 Å². The van der Waals surface area contributed by atoms with E-state index in [-0.39, 0.29) is 34.5 Å². The highest BCUT2D eigenvalue weighted by Gasteiger charge is 2.45. The number of nitrogens with one attached hydrogen (secondary N) is 1. The van der Waals surface area contributed by atoms with Crippen LogP contribution in [-0.2, 0) is 9.59 Å². The first kappa shape index (κ1) is 24.4. The number of aromatic hydroxyl groups is 1. The lowest BCUT2D eigenvalue weighted by molar-refractivity contribution is -0.122. The van der Waals surface area contributed by atoms with Crippen LogP contribution in [0.1, 0.15) is 42.7 Å². The highest BCUT2D eigenvalue weighted by Crippen LogP contribution is 2.47. The molecule has 0 saturated heterocycles. The molecule has 1 amide bonds. The molecule has 0 radical (unpaired) electrons. The molecule has 6 nitrogen and oxygen atoms in total. The number of halogens is 1. The fourth-order valence-corrected chi connectivity index (χ4v) is 5.43. The molecule has 2 aliphatic rings. The van der Waals surface area contributed by atoms with Gasteiger partial charge in [0, 0.05) is 29.3 Å². The first-order valence-corrected chi connectivity index (χ1v) is 12.2. The monoisotopic (exact) mass is 498 g/mol. The molecule has 0 unspecified atom stereocenters. The van der Waals surface area contributed by atoms with Gasteiger partial charge in [-0.05, 0) is 54.7 Å². The van der Waals surface area contributed by atoms with Gasteiger partial charge in [-0.1, -0.05) is 48.5 Å². The molecule has 1 aliphatic heterocycles. The number of anilines is 1. The quantitative estimate of drug-likeness (QED) is 0.469. The molecule has 5 rings (SSSR count). The van der Waals surface area contributed by atoms with Gasteiger partial charge >= 0.3 is 0 Å². The van der Waals surface area contributed by atoms with E-state index in [9.17, 15) is 19.1 Å². The standard InChI is InChI=1S/C30H27FN2O4/c1-17-27(30(36)33-22-11-7-6-10-21(22)31)28(19-12-13-24(34)26(16-19)37-2)29-23(32-17)14-20(15-25(29)35)18-8-4-3-5-9-18/h3-13,16,20,28-29,34H,14-15H2,1-2H3,(H,33,36)/t20-,28+,29-/m1/s1. The summed E-state index contributed by atoms with van der Waals surface area (Å²) in [4.78, 5) is 32.1. The number of phenolic OH excluding ortho intramolecular Hbond substituents is 1. The van der Waals surface area contributed by atoms with E-state index in [0.717, 1.165) is 11.3 Å². The Labute approximate surface area is 214 Å². The van der Waals surface area contributed by atoms with Gasteiger partial charge in [0.2, 0.25) is 0 Å². The molecule has 1 heterocycles. The molecule has 3 atom stereocenters. The third-order valence-electron chi connectivity index (χ3n) is 7.15. The molecule has 3 aromatic carbocycles. The Hall–Kier alpha value is -4.26. The fraction of sp³-hybridized carbons (Fsp3) is 0.233. The zero-order valence-corrected chi connectivity index (χ0v) is 20.6. The van der Waals surface area contributed by atoms with Crippen molar-refractivity contribution in [2.75, 3.05) is 12.4 Å². The third-order valence-corrected chi connectivity index (χ3v) is 7.15. The van der Waals surface area contributed by atoms with Crippen molar-refractivity contribution in [3.63, 3.8) is 0 Å². The van der Waals surface area contributed by atoms with Crippen LogP contribution in [0.5, 0.6) is 11.5 Å². The number of fused-ring (bicyclic) bond motifs is 1. The average Bonchev–Trinajstić information content (AvgIpc) is 2.90. The lowest BCUT2D eigenvalue weighted by Crippen LogP contribution is -2.41. The number of ketones is 1. The summed E-state index contributed by atoms with van der Waals surface area (Å²) >= 11 is 0. The minimum Gasteiger partial charge on any atom is -0.504 e. The van der Waals surface area contributed by atoms with E-state index < -0.39 is 23.6 Å². The van der Waals surface area contributed by atoms with Gasteiger partial charge in [0.25, 0.3) is 5.91 Å². The number of amides is 1. The maximum absolute atomic E-state index is 14.4. The van der Waals surface area contributed by atoms with E-state index in [1.807, 2.05) is 30.3 Å². The van der Waals surface area contributed by atoms with Gasteiger partial charge in [0.1, 0.15) is 11.6 Å². The number of hydrogen-bond donors (Lipinski definition) is 2. The summed E-state index contributed by atoms with van der Waals surface area (Å²) in [6, 6.07) is 20.6. The first-order valence-electron chi connectivity index (χ1n) is 12.2. The number of phenols is 1. The van der Waals surface area contributed by atoms with Gasteiger partial charge in [-0.25, -0.2) is 4.39 Å². The summed E-state index contributed by atoms with van der Waals surface area (Å²) in [5, 5.41) is 12.8. The summed E-state index contributed by atoms with van der Waals surface area (Å²) in [5.74, 6) is -2.24. The predicted molar refractivity (Wildman–Crippen MR) is 139 cm³/mol. The number of methoxy groups -OCH3 is 1. The van der Waals surface area contributed by atoms with Gasteiger partial charge < -0.3 is 15.2 Å². The lowest BCUT2D eigenvalue weighted by Gasteiger charge is -2.38. The van der Waals surface area contributed by atoms with Gasteiger partial charge in [-0.15, -0.1) is 0 Å². The largest absolute Gasteiger partial charge is 0.504 e. The van der Waals surface area contributed by atoms with E-state index in [0.29, 0.717) is 24.1 Å². The van der Waals surface area contributed by atoms with Crippen LogP contribution in [0, 0.1) is 11.7 Å². The van der Waals surface area contributed by atoms with Crippen molar-refractivity contribution in [3.8, 4) is 11.5 Å². The Kier molecular flexibility index (Phi) is 6.61. The maximum atomic E-state index is 14.4. The van der Waals surface area contributed by atoms with Gasteiger partial charge in [-0.3, -0.25) is 14.6 Å². The van der Waals surface area contributed by atoms with Crippen molar-refractivity contribution < 1.29 is 23.8 Å². The van der Waals surface area contributed by atoms with E-state index >= 15 is 0 Å². The topological polar surface area (TPSA) is 88.0 Å². The number of rotatable bonds is 5. The zero-order chi connectivity index (χ0) is 26.1. The van der Waals surface area contributed by atoms with Crippen molar-refractivity contribution >= 4 is 23.1 Å². The number of benzene rings is 3. The van der Waals surface area contributed by atoms with E-state index in [1.54, 1.807) is 31.2 Å². The van der Waals surface area contributed by atoms with Crippen LogP contribution in [0.3, 0.4) is 0 Å². The summed E-state index contributed by atoms with van der Waals surface area (Å²) in [5.41, 5.74) is 3.24. The molecule has 7 heteroatoms. The summed E-state index contributed by atoms with van der Waals surface area (Å²) in [6.07, 6.45) is 0.909. The minimum atomic E-state index is -0.669. The molecular formula is C30H27FN2O4. The first-order chi connectivity index (χ1) is 17.9. The second kappa shape index (κ2) is 10.0. The number of nitrogens with zero attached hydrogens (tertiary/aromatic N) is 1. The zero-order valence-electron chi connectivity index (χ0n) is 20.6. The Balaban J connectivity index is 1.60. The number of aliphatic imine (C=N–C) groups is 1. The third kappa shape index (κ3) is 4.65. The van der Waals surface area contributed by atoms with Gasteiger partial charge in [0.05, 0.1) is 18.7 Å². The van der Waals surface area contributed by atoms with Crippen molar-refractivity contribution in [1.82, 2.24) is 0 Å². The number of carbonyl (C=O) groups is 2. The summed E-state index contributed by atoms with van der Waals surface area (Å²) in [6.45, 7) is 1.74. The average molecular weight is 499 g/mol. The van der Waals surface area contributed by atoms with E-state index in [2.05, 4.69) is 5.32 Å². The van der Waals surface area contributed by atoms with Gasteiger partial charge in [-0.2, -0.15) is 0 Å². The molecule has 3 aromatic rings. The summed E-state index contributed by atoms with van der Waals surface area (Å²) in [7, 11) is 1.44. The second-order valence-corrected chi connectivity index (χ2v) is 9.40. The molecule has 1 fully saturated rings. The molecule has 37 heavy (non-hydrogen) atoms. The number of carbonyl (C=O) groups excluding carboxylic acids is 2. The number of Topliss-reactive ketones (excluding diaryl/α,β-unsaturated/α-hetero) is 1. The number of allylic oxidation sites excluding steroid dienone is 1. The van der Waals surface area contributed by atoms with Crippen molar-refractivity contribution in [2.24, 2.45) is 10.9 Å². The van der Waals surface area contributed by atoms with E-state index in [1.165, 1.54) is 25.3 Å². The van der Waals surface area contributed by atoms with Crippen molar-refractivity contribution in [2.45, 2.75) is 31.6 Å². The second-order valence-electron chi connectivity index (χ2n) is 9.40. The molecule has 0 spiro atoms. The summed E-state index contributed by atoms with van der Waals surface area (Å²) < 4.78 is 19.7. The van der Waals surface area contributed by atoms with Crippen LogP contribution >= 0.6 is 0 Å². The smallest absolute Gasteiger partial charge is 0.254 e. The lowest BCUT2D eigenvalue weighted by atomic mass is 9.66. The molecule has 1 aliphatic carbocycles.